The lowest BCUT2D eigenvalue weighted by Gasteiger charge is -2.30. The predicted octanol–water partition coefficient (Wildman–Crippen LogP) is -0.557. The van der Waals surface area contributed by atoms with Crippen molar-refractivity contribution in [2.45, 2.75) is 12.6 Å². The molecule has 2 heterocycles. The smallest absolute Gasteiger partial charge is 0.336 e. The number of hydrogen-bond donors (Lipinski definition) is 0. The molecule has 1 aliphatic heterocycles. The lowest BCUT2D eigenvalue weighted by Crippen LogP contribution is -2.46. The van der Waals surface area contributed by atoms with E-state index in [9.17, 15) is 4.79 Å². The zero-order chi connectivity index (χ0) is 11.4. The van der Waals surface area contributed by atoms with E-state index in [1.807, 2.05) is 4.90 Å². The minimum atomic E-state index is -0.523. The van der Waals surface area contributed by atoms with Crippen molar-refractivity contribution in [1.82, 2.24) is 15.0 Å². The summed E-state index contributed by atoms with van der Waals surface area (Å²) in [5.41, 5.74) is 0. The highest BCUT2D eigenvalue weighted by molar-refractivity contribution is 5.74. The summed E-state index contributed by atoms with van der Waals surface area (Å²) in [6, 6.07) is 0. The lowest BCUT2D eigenvalue weighted by molar-refractivity contribution is -0.160. The molecule has 1 atom stereocenters. The van der Waals surface area contributed by atoms with Gasteiger partial charge in [0.15, 0.2) is 11.9 Å². The van der Waals surface area contributed by atoms with E-state index in [1.165, 1.54) is 13.5 Å². The Labute approximate surface area is 92.3 Å². The molecule has 0 amide bonds. The number of aromatic nitrogens is 2. The van der Waals surface area contributed by atoms with E-state index < -0.39 is 6.10 Å². The van der Waals surface area contributed by atoms with Gasteiger partial charge in [0.25, 0.3) is 0 Å². The topological polar surface area (TPSA) is 77.7 Å². The van der Waals surface area contributed by atoms with Crippen LogP contribution in [0.2, 0.25) is 0 Å². The van der Waals surface area contributed by atoms with Gasteiger partial charge in [-0.25, -0.2) is 4.79 Å². The van der Waals surface area contributed by atoms with Crippen LogP contribution < -0.4 is 0 Å². The van der Waals surface area contributed by atoms with Gasteiger partial charge in [-0.1, -0.05) is 5.16 Å². The summed E-state index contributed by atoms with van der Waals surface area (Å²) in [6.07, 6.45) is 0.763. The molecule has 1 aromatic rings. The molecule has 0 radical (unpaired) electrons. The van der Waals surface area contributed by atoms with Gasteiger partial charge in [-0.2, -0.15) is 4.98 Å². The predicted molar refractivity (Wildman–Crippen MR) is 51.3 cm³/mol. The van der Waals surface area contributed by atoms with Crippen molar-refractivity contribution in [3.05, 3.63) is 12.2 Å². The summed E-state index contributed by atoms with van der Waals surface area (Å²) in [4.78, 5) is 17.2. The van der Waals surface area contributed by atoms with E-state index in [-0.39, 0.29) is 5.97 Å². The van der Waals surface area contributed by atoms with Gasteiger partial charge in [-0.3, -0.25) is 4.90 Å². The molecule has 0 spiro atoms. The normalized spacial score (nSPS) is 21.9. The van der Waals surface area contributed by atoms with Gasteiger partial charge in [-0.15, -0.1) is 0 Å². The van der Waals surface area contributed by atoms with Crippen molar-refractivity contribution in [2.24, 2.45) is 0 Å². The Kier molecular flexibility index (Phi) is 3.47. The summed E-state index contributed by atoms with van der Waals surface area (Å²) in [6.45, 7) is 2.27. The fraction of sp³-hybridized carbons (Fsp3) is 0.667. The Morgan fingerprint density at radius 1 is 1.75 bits per heavy atom. The Hall–Kier alpha value is -1.47. The van der Waals surface area contributed by atoms with Crippen molar-refractivity contribution in [1.29, 1.82) is 0 Å². The van der Waals surface area contributed by atoms with Crippen LogP contribution in [0, 0.1) is 0 Å². The zero-order valence-electron chi connectivity index (χ0n) is 8.96. The zero-order valence-corrected chi connectivity index (χ0v) is 8.96. The van der Waals surface area contributed by atoms with E-state index in [0.717, 1.165) is 6.54 Å². The number of carbonyl (C=O) groups excluding carboxylic acids is 1. The molecule has 0 bridgehead atoms. The third-order valence-corrected chi connectivity index (χ3v) is 2.39. The second-order valence-electron chi connectivity index (χ2n) is 3.47. The van der Waals surface area contributed by atoms with E-state index >= 15 is 0 Å². The average molecular weight is 227 g/mol. The molecule has 0 aromatic carbocycles. The highest BCUT2D eigenvalue weighted by Gasteiger charge is 2.27. The van der Waals surface area contributed by atoms with Gasteiger partial charge in [0.05, 0.1) is 20.3 Å². The number of hydrogen-bond acceptors (Lipinski definition) is 7. The van der Waals surface area contributed by atoms with Crippen LogP contribution in [0.1, 0.15) is 5.82 Å². The van der Waals surface area contributed by atoms with Crippen LogP contribution in [0.25, 0.3) is 0 Å². The molecule has 88 valence electrons. The Bertz CT molecular complexity index is 341. The maximum Gasteiger partial charge on any atom is 0.336 e. The quantitative estimate of drug-likeness (QED) is 0.640. The van der Waals surface area contributed by atoms with Crippen molar-refractivity contribution in [2.75, 3.05) is 26.8 Å². The molecule has 0 N–H and O–H groups in total. The number of carbonyl (C=O) groups is 1. The molecule has 1 saturated heterocycles. The number of esters is 1. The SMILES string of the molecule is COC(=O)C1CN(Cc2ncon2)CCO1. The monoisotopic (exact) mass is 227 g/mol. The third-order valence-electron chi connectivity index (χ3n) is 2.39. The largest absolute Gasteiger partial charge is 0.467 e. The number of methoxy groups -OCH3 is 1. The van der Waals surface area contributed by atoms with Gasteiger partial charge >= 0.3 is 5.97 Å². The van der Waals surface area contributed by atoms with Crippen LogP contribution >= 0.6 is 0 Å². The van der Waals surface area contributed by atoms with Gasteiger partial charge < -0.3 is 14.0 Å². The summed E-state index contributed by atoms with van der Waals surface area (Å²) in [5, 5.41) is 3.72. The molecule has 1 aromatic heterocycles. The third kappa shape index (κ3) is 2.56. The van der Waals surface area contributed by atoms with Crippen molar-refractivity contribution < 1.29 is 18.8 Å². The molecule has 16 heavy (non-hydrogen) atoms. The molecule has 1 unspecified atom stereocenters. The number of ether oxygens (including phenoxy) is 2. The first-order chi connectivity index (χ1) is 7.79. The summed E-state index contributed by atoms with van der Waals surface area (Å²) in [5.74, 6) is 0.253. The summed E-state index contributed by atoms with van der Waals surface area (Å²) < 4.78 is 14.6. The van der Waals surface area contributed by atoms with Crippen LogP contribution in [0.15, 0.2) is 10.9 Å². The second-order valence-corrected chi connectivity index (χ2v) is 3.47. The van der Waals surface area contributed by atoms with Crippen LogP contribution in [-0.4, -0.2) is 53.9 Å². The van der Waals surface area contributed by atoms with Crippen LogP contribution in [0.3, 0.4) is 0 Å². The molecule has 0 aliphatic carbocycles. The van der Waals surface area contributed by atoms with Gasteiger partial charge in [-0.05, 0) is 0 Å². The van der Waals surface area contributed by atoms with Gasteiger partial charge in [0.2, 0.25) is 6.39 Å². The standard InChI is InChI=1S/C9H13N3O4/c1-14-9(13)7-4-12(2-3-15-7)5-8-10-6-16-11-8/h6-7H,2-5H2,1H3. The second kappa shape index (κ2) is 5.04. The molecular weight excluding hydrogens is 214 g/mol. The maximum absolute atomic E-state index is 11.3. The highest BCUT2D eigenvalue weighted by atomic mass is 16.6. The first-order valence-electron chi connectivity index (χ1n) is 4.96. The number of nitrogens with zero attached hydrogens (tertiary/aromatic N) is 3. The van der Waals surface area contributed by atoms with Gasteiger partial charge in [0.1, 0.15) is 0 Å². The van der Waals surface area contributed by atoms with Crippen molar-refractivity contribution >= 4 is 5.97 Å². The Balaban J connectivity index is 1.89. The fourth-order valence-electron chi connectivity index (χ4n) is 1.58. The van der Waals surface area contributed by atoms with E-state index in [1.54, 1.807) is 0 Å². The first-order valence-corrected chi connectivity index (χ1v) is 4.96. The van der Waals surface area contributed by atoms with E-state index in [2.05, 4.69) is 19.4 Å². The molecule has 0 saturated carbocycles. The molecule has 1 aliphatic rings. The van der Waals surface area contributed by atoms with Crippen LogP contribution in [-0.2, 0) is 20.8 Å². The molecule has 1 fully saturated rings. The summed E-state index contributed by atoms with van der Waals surface area (Å²) in [7, 11) is 1.35. The van der Waals surface area contributed by atoms with Crippen molar-refractivity contribution in [3.63, 3.8) is 0 Å². The molecular formula is C9H13N3O4. The average Bonchev–Trinajstić information content (AvgIpc) is 2.81. The minimum absolute atomic E-state index is 0.349. The number of morpholine rings is 1. The lowest BCUT2D eigenvalue weighted by atomic mass is 10.2. The first kappa shape index (κ1) is 11.0. The summed E-state index contributed by atoms with van der Waals surface area (Å²) >= 11 is 0. The van der Waals surface area contributed by atoms with E-state index in [4.69, 9.17) is 4.74 Å². The Morgan fingerprint density at radius 2 is 2.62 bits per heavy atom. The van der Waals surface area contributed by atoms with Crippen LogP contribution in [0.4, 0.5) is 0 Å². The highest BCUT2D eigenvalue weighted by Crippen LogP contribution is 2.09. The minimum Gasteiger partial charge on any atom is -0.467 e. The van der Waals surface area contributed by atoms with Crippen molar-refractivity contribution in [3.8, 4) is 0 Å². The maximum atomic E-state index is 11.3. The van der Waals surface area contributed by atoms with Crippen LogP contribution in [0.5, 0.6) is 0 Å². The molecule has 7 heteroatoms. The Morgan fingerprint density at radius 3 is 3.31 bits per heavy atom. The van der Waals surface area contributed by atoms with E-state index in [0.29, 0.717) is 25.5 Å². The molecule has 2 rings (SSSR count). The fourth-order valence-corrected chi connectivity index (χ4v) is 1.58. The molecule has 7 nitrogen and oxygen atoms in total. The number of rotatable bonds is 3. The van der Waals surface area contributed by atoms with Gasteiger partial charge in [0, 0.05) is 13.1 Å².